The number of aliphatic hydroxyl groups is 1. The number of carbonyl (C=O) groups excluding carboxylic acids is 1. The number of carbonyl (C=O) groups is 1. The van der Waals surface area contributed by atoms with Crippen LogP contribution in [0.3, 0.4) is 0 Å². The molecule has 3 rings (SSSR count). The van der Waals surface area contributed by atoms with Gasteiger partial charge in [-0.15, -0.1) is 0 Å². The molecule has 2 unspecified atom stereocenters. The van der Waals surface area contributed by atoms with Crippen molar-refractivity contribution in [2.24, 2.45) is 11.8 Å². The first-order valence-electron chi connectivity index (χ1n) is 8.08. The number of amides is 1. The van der Waals surface area contributed by atoms with Crippen molar-refractivity contribution in [3.63, 3.8) is 0 Å². The SMILES string of the molecule is O=C(C1CCNC1)N1CCC(C(O)c2ccc(F)cc2)CC1. The van der Waals surface area contributed by atoms with Crippen molar-refractivity contribution in [1.82, 2.24) is 10.2 Å². The quantitative estimate of drug-likeness (QED) is 0.894. The van der Waals surface area contributed by atoms with Crippen LogP contribution >= 0.6 is 0 Å². The minimum atomic E-state index is -0.578. The highest BCUT2D eigenvalue weighted by Gasteiger charge is 2.32. The van der Waals surface area contributed by atoms with Gasteiger partial charge < -0.3 is 15.3 Å². The summed E-state index contributed by atoms with van der Waals surface area (Å²) in [5.41, 5.74) is 0.756. The summed E-state index contributed by atoms with van der Waals surface area (Å²) < 4.78 is 12.9. The van der Waals surface area contributed by atoms with Gasteiger partial charge in [0.1, 0.15) is 5.82 Å². The lowest BCUT2D eigenvalue weighted by Crippen LogP contribution is -2.43. The summed E-state index contributed by atoms with van der Waals surface area (Å²) >= 11 is 0. The number of nitrogens with zero attached hydrogens (tertiary/aromatic N) is 1. The van der Waals surface area contributed by atoms with Crippen LogP contribution in [0, 0.1) is 17.7 Å². The summed E-state index contributed by atoms with van der Waals surface area (Å²) in [7, 11) is 0. The van der Waals surface area contributed by atoms with Crippen LogP contribution in [0.25, 0.3) is 0 Å². The fourth-order valence-corrected chi connectivity index (χ4v) is 3.49. The van der Waals surface area contributed by atoms with Crippen molar-refractivity contribution < 1.29 is 14.3 Å². The molecule has 5 heteroatoms. The van der Waals surface area contributed by atoms with Gasteiger partial charge in [0, 0.05) is 19.6 Å². The van der Waals surface area contributed by atoms with Gasteiger partial charge in [0.2, 0.25) is 5.91 Å². The van der Waals surface area contributed by atoms with Crippen LogP contribution in [0.2, 0.25) is 0 Å². The molecule has 2 saturated heterocycles. The lowest BCUT2D eigenvalue weighted by atomic mass is 9.87. The monoisotopic (exact) mass is 306 g/mol. The fraction of sp³-hybridized carbons (Fsp3) is 0.588. The molecular weight excluding hydrogens is 283 g/mol. The fourth-order valence-electron chi connectivity index (χ4n) is 3.49. The van der Waals surface area contributed by atoms with Gasteiger partial charge >= 0.3 is 0 Å². The average molecular weight is 306 g/mol. The summed E-state index contributed by atoms with van der Waals surface area (Å²) in [5.74, 6) is 0.219. The number of nitrogens with one attached hydrogen (secondary N) is 1. The van der Waals surface area contributed by atoms with Crippen molar-refractivity contribution >= 4 is 5.91 Å². The predicted molar refractivity (Wildman–Crippen MR) is 81.6 cm³/mol. The number of hydrogen-bond acceptors (Lipinski definition) is 3. The highest BCUT2D eigenvalue weighted by molar-refractivity contribution is 5.79. The van der Waals surface area contributed by atoms with Crippen LogP contribution in [0.4, 0.5) is 4.39 Å². The molecule has 2 N–H and O–H groups in total. The number of benzene rings is 1. The first kappa shape index (κ1) is 15.4. The van der Waals surface area contributed by atoms with Gasteiger partial charge in [0.25, 0.3) is 0 Å². The molecule has 0 radical (unpaired) electrons. The van der Waals surface area contributed by atoms with Gasteiger partial charge in [-0.2, -0.15) is 0 Å². The Morgan fingerprint density at radius 1 is 1.23 bits per heavy atom. The number of rotatable bonds is 3. The Kier molecular flexibility index (Phi) is 4.74. The Balaban J connectivity index is 1.54. The summed E-state index contributed by atoms with van der Waals surface area (Å²) in [6.45, 7) is 3.13. The molecule has 1 amide bonds. The van der Waals surface area contributed by atoms with E-state index in [1.807, 2.05) is 4.90 Å². The number of halogens is 1. The Labute approximate surface area is 130 Å². The van der Waals surface area contributed by atoms with E-state index in [0.29, 0.717) is 13.1 Å². The van der Waals surface area contributed by atoms with Gasteiger partial charge in [-0.3, -0.25) is 4.79 Å². The van der Waals surface area contributed by atoms with Gasteiger partial charge in [0.15, 0.2) is 0 Å². The second-order valence-corrected chi connectivity index (χ2v) is 6.35. The van der Waals surface area contributed by atoms with Crippen molar-refractivity contribution in [2.75, 3.05) is 26.2 Å². The molecule has 22 heavy (non-hydrogen) atoms. The minimum absolute atomic E-state index is 0.124. The van der Waals surface area contributed by atoms with E-state index < -0.39 is 6.10 Å². The maximum atomic E-state index is 12.9. The van der Waals surface area contributed by atoms with E-state index >= 15 is 0 Å². The highest BCUT2D eigenvalue weighted by atomic mass is 19.1. The van der Waals surface area contributed by atoms with Gasteiger partial charge in [-0.05, 0) is 49.4 Å². The molecule has 0 aliphatic carbocycles. The van der Waals surface area contributed by atoms with Crippen LogP contribution < -0.4 is 5.32 Å². The molecule has 0 aromatic heterocycles. The van der Waals surface area contributed by atoms with E-state index in [2.05, 4.69) is 5.32 Å². The zero-order chi connectivity index (χ0) is 15.5. The second kappa shape index (κ2) is 6.75. The Hall–Kier alpha value is -1.46. The third kappa shape index (κ3) is 3.31. The van der Waals surface area contributed by atoms with Crippen molar-refractivity contribution in [3.8, 4) is 0 Å². The molecular formula is C17H23FN2O2. The van der Waals surface area contributed by atoms with Crippen LogP contribution in [-0.2, 0) is 4.79 Å². The maximum absolute atomic E-state index is 12.9. The Morgan fingerprint density at radius 2 is 1.91 bits per heavy atom. The van der Waals surface area contributed by atoms with E-state index in [0.717, 1.165) is 37.9 Å². The molecule has 2 aliphatic rings. The molecule has 1 aromatic rings. The van der Waals surface area contributed by atoms with Gasteiger partial charge in [-0.1, -0.05) is 12.1 Å². The van der Waals surface area contributed by atoms with Crippen LogP contribution in [0.15, 0.2) is 24.3 Å². The number of likely N-dealkylation sites (tertiary alicyclic amines) is 1. The van der Waals surface area contributed by atoms with Crippen molar-refractivity contribution in [2.45, 2.75) is 25.4 Å². The molecule has 0 saturated carbocycles. The molecule has 2 heterocycles. The summed E-state index contributed by atoms with van der Waals surface area (Å²) in [6, 6.07) is 6.04. The van der Waals surface area contributed by atoms with E-state index in [4.69, 9.17) is 0 Å². The van der Waals surface area contributed by atoms with E-state index in [-0.39, 0.29) is 23.6 Å². The third-order valence-electron chi connectivity index (χ3n) is 4.92. The van der Waals surface area contributed by atoms with E-state index in [9.17, 15) is 14.3 Å². The predicted octanol–water partition coefficient (Wildman–Crippen LogP) is 1.71. The van der Waals surface area contributed by atoms with Crippen LogP contribution in [0.1, 0.15) is 30.9 Å². The maximum Gasteiger partial charge on any atom is 0.227 e. The number of aliphatic hydroxyl groups excluding tert-OH is 1. The molecule has 2 atom stereocenters. The van der Waals surface area contributed by atoms with E-state index in [1.165, 1.54) is 12.1 Å². The van der Waals surface area contributed by atoms with Gasteiger partial charge in [0.05, 0.1) is 12.0 Å². The topological polar surface area (TPSA) is 52.6 Å². The van der Waals surface area contributed by atoms with Crippen LogP contribution in [-0.4, -0.2) is 42.1 Å². The smallest absolute Gasteiger partial charge is 0.227 e. The third-order valence-corrected chi connectivity index (χ3v) is 4.92. The summed E-state index contributed by atoms with van der Waals surface area (Å²) in [6.07, 6.45) is 1.94. The molecule has 4 nitrogen and oxygen atoms in total. The minimum Gasteiger partial charge on any atom is -0.388 e. The summed E-state index contributed by atoms with van der Waals surface area (Å²) in [5, 5.41) is 13.7. The molecule has 0 bridgehead atoms. The molecule has 120 valence electrons. The lowest BCUT2D eigenvalue weighted by molar-refractivity contribution is -0.136. The standard InChI is InChI=1S/C17H23FN2O2/c18-15-3-1-12(2-4-15)16(21)13-6-9-20(10-7-13)17(22)14-5-8-19-11-14/h1-4,13-14,16,19,21H,5-11H2. The normalized spacial score (nSPS) is 24.5. The van der Waals surface area contributed by atoms with Crippen molar-refractivity contribution in [1.29, 1.82) is 0 Å². The molecule has 0 spiro atoms. The molecule has 1 aromatic carbocycles. The first-order chi connectivity index (χ1) is 10.6. The van der Waals surface area contributed by atoms with Crippen LogP contribution in [0.5, 0.6) is 0 Å². The molecule has 2 fully saturated rings. The number of piperidine rings is 1. The largest absolute Gasteiger partial charge is 0.388 e. The lowest BCUT2D eigenvalue weighted by Gasteiger charge is -2.35. The average Bonchev–Trinajstić information content (AvgIpc) is 3.09. The zero-order valence-electron chi connectivity index (χ0n) is 12.7. The van der Waals surface area contributed by atoms with Crippen molar-refractivity contribution in [3.05, 3.63) is 35.6 Å². The zero-order valence-corrected chi connectivity index (χ0v) is 12.7. The molecule has 2 aliphatic heterocycles. The highest BCUT2D eigenvalue weighted by Crippen LogP contribution is 2.31. The Morgan fingerprint density at radius 3 is 2.50 bits per heavy atom. The second-order valence-electron chi connectivity index (χ2n) is 6.35. The Bertz CT molecular complexity index is 506. The first-order valence-corrected chi connectivity index (χ1v) is 8.08. The number of hydrogen-bond donors (Lipinski definition) is 2. The van der Waals surface area contributed by atoms with Gasteiger partial charge in [-0.25, -0.2) is 4.39 Å². The summed E-state index contributed by atoms with van der Waals surface area (Å²) in [4.78, 5) is 14.3. The van der Waals surface area contributed by atoms with E-state index in [1.54, 1.807) is 12.1 Å².